The average Bonchev–Trinajstić information content (AvgIpc) is 3.30. The van der Waals surface area contributed by atoms with Crippen molar-refractivity contribution in [2.75, 3.05) is 4.90 Å². The van der Waals surface area contributed by atoms with Gasteiger partial charge in [0.25, 0.3) is 0 Å². The summed E-state index contributed by atoms with van der Waals surface area (Å²) >= 11 is 0. The van der Waals surface area contributed by atoms with Crippen LogP contribution in [-0.4, -0.2) is 9.97 Å². The smallest absolute Gasteiger partial charge is 0.164 e. The Hall–Kier alpha value is -6.32. The van der Waals surface area contributed by atoms with Crippen molar-refractivity contribution >= 4 is 50.5 Å². The Balaban J connectivity index is 1.19. The van der Waals surface area contributed by atoms with Crippen LogP contribution in [0, 0.1) is 0 Å². The fraction of sp³-hybridized carbons (Fsp3) is 0.0638. The number of benzene rings is 6. The summed E-state index contributed by atoms with van der Waals surface area (Å²) in [7, 11) is 0. The molecule has 7 aromatic rings. The Labute approximate surface area is 291 Å². The molecule has 50 heavy (non-hydrogen) atoms. The molecule has 3 nitrogen and oxygen atoms in total. The molecule has 6 aromatic carbocycles. The SMILES string of the molecule is C=C1/C2=C\C=C/N(c3nc4ccccc4nc3-c3ccc(-c4ccc5c(c4)C=CCC5)cc3)c3cc4ccccc4c(c31)Cc1ccccc12. The summed E-state index contributed by atoms with van der Waals surface area (Å²) in [5.41, 5.74) is 17.0. The molecule has 0 amide bonds. The van der Waals surface area contributed by atoms with Crippen LogP contribution in [0.2, 0.25) is 0 Å². The van der Waals surface area contributed by atoms with Crippen molar-refractivity contribution in [2.24, 2.45) is 0 Å². The third-order valence-electron chi connectivity index (χ3n) is 10.5. The van der Waals surface area contributed by atoms with Gasteiger partial charge in [-0.2, -0.15) is 0 Å². The Kier molecular flexibility index (Phi) is 6.53. The lowest BCUT2D eigenvalue weighted by molar-refractivity contribution is 0.986. The summed E-state index contributed by atoms with van der Waals surface area (Å²) in [6, 6.07) is 43.6. The van der Waals surface area contributed by atoms with Crippen LogP contribution in [0.1, 0.15) is 39.8 Å². The van der Waals surface area contributed by atoms with Crippen molar-refractivity contribution in [2.45, 2.75) is 19.3 Å². The lowest BCUT2D eigenvalue weighted by atomic mass is 9.88. The first-order valence-corrected chi connectivity index (χ1v) is 17.4. The lowest BCUT2D eigenvalue weighted by Gasteiger charge is -2.29. The normalized spacial score (nSPS) is 16.2. The van der Waals surface area contributed by atoms with Gasteiger partial charge in [0.2, 0.25) is 0 Å². The van der Waals surface area contributed by atoms with Gasteiger partial charge in [0, 0.05) is 17.3 Å². The van der Waals surface area contributed by atoms with Gasteiger partial charge in [-0.15, -0.1) is 0 Å². The molecule has 2 heterocycles. The van der Waals surface area contributed by atoms with E-state index in [2.05, 4.69) is 132 Å². The summed E-state index contributed by atoms with van der Waals surface area (Å²) < 4.78 is 0. The Morgan fingerprint density at radius 3 is 2.34 bits per heavy atom. The van der Waals surface area contributed by atoms with E-state index in [-0.39, 0.29) is 0 Å². The van der Waals surface area contributed by atoms with Crippen molar-refractivity contribution in [1.29, 1.82) is 0 Å². The molecule has 0 fully saturated rings. The minimum absolute atomic E-state index is 0.788. The van der Waals surface area contributed by atoms with Crippen LogP contribution >= 0.6 is 0 Å². The zero-order chi connectivity index (χ0) is 33.2. The Bertz CT molecular complexity index is 2640. The van der Waals surface area contributed by atoms with Crippen LogP contribution in [0.4, 0.5) is 11.5 Å². The number of anilines is 2. The lowest BCUT2D eigenvalue weighted by Crippen LogP contribution is -2.16. The van der Waals surface area contributed by atoms with E-state index in [4.69, 9.17) is 16.5 Å². The topological polar surface area (TPSA) is 29.0 Å². The van der Waals surface area contributed by atoms with E-state index in [9.17, 15) is 0 Å². The van der Waals surface area contributed by atoms with E-state index in [1.54, 1.807) is 0 Å². The van der Waals surface area contributed by atoms with Crippen molar-refractivity contribution < 1.29 is 0 Å². The highest BCUT2D eigenvalue weighted by Crippen LogP contribution is 2.49. The number of aryl methyl sites for hydroxylation is 1. The summed E-state index contributed by atoms with van der Waals surface area (Å²) in [5.74, 6) is 0.788. The molecule has 0 unspecified atom stereocenters. The minimum atomic E-state index is 0.788. The first-order valence-electron chi connectivity index (χ1n) is 17.4. The van der Waals surface area contributed by atoms with Gasteiger partial charge in [0.05, 0.1) is 16.7 Å². The van der Waals surface area contributed by atoms with Gasteiger partial charge < -0.3 is 0 Å². The molecular formula is C47H33N3. The molecule has 1 aromatic heterocycles. The molecule has 0 N–H and O–H groups in total. The standard InChI is InChI=1S/C47H33N3/c1-30-38-17-10-26-50(44-29-37-14-5-7-16-40(37)41(45(30)44)28-36-13-4-6-15-39(36)38)47-46(48-42-18-8-9-19-43(42)49-47)33-23-20-32(21-24-33)35-25-22-31-11-2-3-12-34(31)27-35/h3-10,12-27,29H,1-2,11,28H2/b26-10-,38-17+. The predicted molar refractivity (Wildman–Crippen MR) is 209 cm³/mol. The highest BCUT2D eigenvalue weighted by Gasteiger charge is 2.29. The van der Waals surface area contributed by atoms with Crippen molar-refractivity contribution in [3.05, 3.63) is 186 Å². The second kappa shape index (κ2) is 11.4. The van der Waals surface area contributed by atoms with Crippen LogP contribution in [0.5, 0.6) is 0 Å². The number of fused-ring (bicyclic) bond motifs is 7. The first-order chi connectivity index (χ1) is 24.7. The molecule has 3 heteroatoms. The summed E-state index contributed by atoms with van der Waals surface area (Å²) in [6.45, 7) is 4.77. The Morgan fingerprint density at radius 1 is 0.680 bits per heavy atom. The third-order valence-corrected chi connectivity index (χ3v) is 10.5. The molecule has 3 aliphatic rings. The maximum Gasteiger partial charge on any atom is 0.164 e. The van der Waals surface area contributed by atoms with Gasteiger partial charge in [-0.25, -0.2) is 9.97 Å². The van der Waals surface area contributed by atoms with E-state index in [1.165, 1.54) is 49.7 Å². The van der Waals surface area contributed by atoms with Gasteiger partial charge in [-0.1, -0.05) is 122 Å². The molecule has 0 radical (unpaired) electrons. The molecule has 236 valence electrons. The molecule has 2 aliphatic carbocycles. The van der Waals surface area contributed by atoms with Gasteiger partial charge in [-0.3, -0.25) is 4.90 Å². The van der Waals surface area contributed by atoms with Crippen LogP contribution in [0.25, 0.3) is 61.4 Å². The molecule has 10 rings (SSSR count). The number of hydrogen-bond donors (Lipinski definition) is 0. The highest BCUT2D eigenvalue weighted by atomic mass is 15.2. The number of rotatable bonds is 3. The molecule has 0 atom stereocenters. The third kappa shape index (κ3) is 4.58. The van der Waals surface area contributed by atoms with Crippen LogP contribution in [0.3, 0.4) is 0 Å². The first kappa shape index (κ1) is 28.7. The largest absolute Gasteiger partial charge is 0.299 e. The van der Waals surface area contributed by atoms with Crippen LogP contribution < -0.4 is 4.90 Å². The summed E-state index contributed by atoms with van der Waals surface area (Å²) in [4.78, 5) is 12.9. The van der Waals surface area contributed by atoms with Gasteiger partial charge >= 0.3 is 0 Å². The second-order valence-electron chi connectivity index (χ2n) is 13.4. The molecule has 2 bridgehead atoms. The average molecular weight is 640 g/mol. The van der Waals surface area contributed by atoms with Gasteiger partial charge in [0.15, 0.2) is 5.82 Å². The van der Waals surface area contributed by atoms with Crippen molar-refractivity contribution in [3.63, 3.8) is 0 Å². The number of nitrogens with zero attached hydrogens (tertiary/aromatic N) is 3. The van der Waals surface area contributed by atoms with Gasteiger partial charge in [0.1, 0.15) is 5.69 Å². The van der Waals surface area contributed by atoms with Gasteiger partial charge in [-0.05, 0) is 110 Å². The Morgan fingerprint density at radius 2 is 1.44 bits per heavy atom. The van der Waals surface area contributed by atoms with E-state index in [0.29, 0.717) is 0 Å². The highest BCUT2D eigenvalue weighted by molar-refractivity contribution is 6.13. The van der Waals surface area contributed by atoms with E-state index >= 15 is 0 Å². The van der Waals surface area contributed by atoms with Crippen molar-refractivity contribution in [3.8, 4) is 22.4 Å². The monoisotopic (exact) mass is 639 g/mol. The molecule has 0 saturated carbocycles. The molecule has 0 saturated heterocycles. The van der Waals surface area contributed by atoms with Crippen molar-refractivity contribution in [1.82, 2.24) is 9.97 Å². The van der Waals surface area contributed by atoms with Crippen LogP contribution in [-0.2, 0) is 12.8 Å². The maximum absolute atomic E-state index is 5.36. The summed E-state index contributed by atoms with van der Waals surface area (Å²) in [5, 5.41) is 2.45. The van der Waals surface area contributed by atoms with E-state index in [0.717, 1.165) is 69.8 Å². The predicted octanol–water partition coefficient (Wildman–Crippen LogP) is 11.7. The molecule has 0 spiro atoms. The molecular weight excluding hydrogens is 607 g/mol. The quantitative estimate of drug-likeness (QED) is 0.193. The number of aromatic nitrogens is 2. The maximum atomic E-state index is 5.36. The van der Waals surface area contributed by atoms with E-state index in [1.807, 2.05) is 24.3 Å². The zero-order valence-electron chi connectivity index (χ0n) is 27.6. The fourth-order valence-corrected chi connectivity index (χ4v) is 8.00. The number of para-hydroxylation sites is 2. The number of hydrogen-bond acceptors (Lipinski definition) is 3. The fourth-order valence-electron chi connectivity index (χ4n) is 8.00. The molecule has 1 aliphatic heterocycles. The summed E-state index contributed by atoms with van der Waals surface area (Å²) in [6.07, 6.45) is 14.1. The second-order valence-corrected chi connectivity index (χ2v) is 13.4. The van der Waals surface area contributed by atoms with Crippen LogP contribution in [0.15, 0.2) is 152 Å². The number of allylic oxidation sites excluding steroid dienone is 5. The zero-order valence-corrected chi connectivity index (χ0v) is 27.6. The minimum Gasteiger partial charge on any atom is -0.299 e. The van der Waals surface area contributed by atoms with E-state index < -0.39 is 0 Å².